The maximum Gasteiger partial charge on any atom is 0.236 e. The van der Waals surface area contributed by atoms with E-state index in [1.165, 1.54) is 6.42 Å². The fourth-order valence-electron chi connectivity index (χ4n) is 4.49. The van der Waals surface area contributed by atoms with Crippen LogP contribution in [0.25, 0.3) is 10.9 Å². The van der Waals surface area contributed by atoms with Crippen LogP contribution in [0.3, 0.4) is 0 Å². The van der Waals surface area contributed by atoms with Crippen molar-refractivity contribution < 1.29 is 4.79 Å². The minimum atomic E-state index is 0.0811. The molecule has 6 heteroatoms. The van der Waals surface area contributed by atoms with Crippen molar-refractivity contribution in [3.8, 4) is 0 Å². The zero-order chi connectivity index (χ0) is 19.0. The largest absolute Gasteiger partial charge is 0.357 e. The summed E-state index contributed by atoms with van der Waals surface area (Å²) in [5.74, 6) is 0.757. The topological polar surface area (TPSA) is 59.7 Å². The summed E-state index contributed by atoms with van der Waals surface area (Å²) >= 11 is 0. The lowest BCUT2D eigenvalue weighted by atomic mass is 9.95. The molecule has 1 N–H and O–H groups in total. The van der Waals surface area contributed by atoms with E-state index in [1.54, 1.807) is 11.0 Å². The molecule has 3 aliphatic rings. The van der Waals surface area contributed by atoms with Crippen LogP contribution in [0.1, 0.15) is 18.5 Å². The third kappa shape index (κ3) is 3.92. The zero-order valence-corrected chi connectivity index (χ0v) is 16.1. The number of piperidine rings is 1. The van der Waals surface area contributed by atoms with Gasteiger partial charge >= 0.3 is 0 Å². The Balaban J connectivity index is 1.50. The van der Waals surface area contributed by atoms with Crippen LogP contribution >= 0.6 is 0 Å². The quantitative estimate of drug-likeness (QED) is 0.889. The van der Waals surface area contributed by atoms with E-state index in [2.05, 4.69) is 14.8 Å². The normalized spacial score (nSPS) is 23.5. The summed E-state index contributed by atoms with van der Waals surface area (Å²) in [4.78, 5) is 34.5. The minimum Gasteiger partial charge on any atom is -0.357 e. The smallest absolute Gasteiger partial charge is 0.236 e. The highest BCUT2D eigenvalue weighted by molar-refractivity contribution is 5.78. The van der Waals surface area contributed by atoms with Crippen molar-refractivity contribution in [1.29, 1.82) is 0 Å². The van der Waals surface area contributed by atoms with Crippen molar-refractivity contribution in [3.05, 3.63) is 46.2 Å². The second-order valence-corrected chi connectivity index (χ2v) is 8.21. The van der Waals surface area contributed by atoms with Gasteiger partial charge in [0.05, 0.1) is 6.54 Å². The Hall–Kier alpha value is -2.18. The molecule has 27 heavy (non-hydrogen) atoms. The van der Waals surface area contributed by atoms with Gasteiger partial charge in [0.1, 0.15) is 0 Å². The van der Waals surface area contributed by atoms with E-state index < -0.39 is 0 Å². The number of fused-ring (bicyclic) bond motifs is 5. The monoisotopic (exact) mass is 368 g/mol. The summed E-state index contributed by atoms with van der Waals surface area (Å²) in [6.45, 7) is 4.21. The summed E-state index contributed by atoms with van der Waals surface area (Å²) < 4.78 is 0. The third-order valence-corrected chi connectivity index (χ3v) is 5.93. The number of carbonyl (C=O) groups is 1. The first-order valence-corrected chi connectivity index (χ1v) is 9.77. The molecule has 1 amide bonds. The molecule has 0 unspecified atom stereocenters. The SMILES string of the molecule is CN(C)C(=O)CN1C[C@@H]2CC[C@H](C1)N(Cc1cc(=O)c3ccccc3[nH]1)C2. The van der Waals surface area contributed by atoms with Gasteiger partial charge in [0.2, 0.25) is 5.91 Å². The van der Waals surface area contributed by atoms with E-state index in [0.29, 0.717) is 18.5 Å². The number of carbonyl (C=O) groups excluding carboxylic acids is 1. The highest BCUT2D eigenvalue weighted by Crippen LogP contribution is 2.29. The van der Waals surface area contributed by atoms with Crippen molar-refractivity contribution in [2.75, 3.05) is 40.3 Å². The molecule has 2 aromatic rings. The number of amides is 1. The fraction of sp³-hybridized carbons (Fsp3) is 0.524. The Morgan fingerprint density at radius 1 is 1.19 bits per heavy atom. The number of benzene rings is 1. The molecule has 6 nitrogen and oxygen atoms in total. The number of hydrogen-bond donors (Lipinski definition) is 1. The van der Waals surface area contributed by atoms with Crippen molar-refractivity contribution in [2.45, 2.75) is 25.4 Å². The first-order chi connectivity index (χ1) is 13.0. The molecule has 0 saturated carbocycles. The Bertz CT molecular complexity index is 891. The lowest BCUT2D eigenvalue weighted by Crippen LogP contribution is -2.44. The van der Waals surface area contributed by atoms with Crippen LogP contribution in [-0.4, -0.2) is 71.9 Å². The number of pyridine rings is 1. The van der Waals surface area contributed by atoms with Crippen molar-refractivity contribution in [1.82, 2.24) is 19.7 Å². The molecule has 0 aliphatic carbocycles. The molecule has 0 radical (unpaired) electrons. The average molecular weight is 368 g/mol. The Labute approximate surface area is 159 Å². The Morgan fingerprint density at radius 2 is 2.00 bits per heavy atom. The van der Waals surface area contributed by atoms with Crippen LogP contribution in [-0.2, 0) is 11.3 Å². The zero-order valence-electron chi connectivity index (χ0n) is 16.1. The highest BCUT2D eigenvalue weighted by atomic mass is 16.2. The second kappa shape index (κ2) is 7.44. The lowest BCUT2D eigenvalue weighted by Gasteiger charge is -2.36. The van der Waals surface area contributed by atoms with Gasteiger partial charge in [-0.3, -0.25) is 19.4 Å². The fourth-order valence-corrected chi connectivity index (χ4v) is 4.49. The van der Waals surface area contributed by atoms with E-state index in [1.807, 2.05) is 38.4 Å². The van der Waals surface area contributed by atoms with Gasteiger partial charge in [-0.15, -0.1) is 0 Å². The standard InChI is InChI=1S/C21H28N4O2/c1-23(2)21(27)14-24-10-15-7-8-17(13-24)25(11-15)12-16-9-20(26)18-5-3-4-6-19(18)22-16/h3-6,9,15,17H,7-8,10-14H2,1-2H3,(H,22,26)/t15-,17+/m0/s1. The van der Waals surface area contributed by atoms with Crippen LogP contribution in [0.15, 0.2) is 35.1 Å². The predicted molar refractivity (Wildman–Crippen MR) is 107 cm³/mol. The molecule has 4 heterocycles. The van der Waals surface area contributed by atoms with Gasteiger partial charge in [-0.25, -0.2) is 0 Å². The summed E-state index contributed by atoms with van der Waals surface area (Å²) in [6, 6.07) is 9.86. The van der Waals surface area contributed by atoms with Crippen molar-refractivity contribution >= 4 is 16.8 Å². The Morgan fingerprint density at radius 3 is 2.81 bits per heavy atom. The summed E-state index contributed by atoms with van der Waals surface area (Å²) in [5, 5.41) is 0.743. The van der Waals surface area contributed by atoms with Crippen molar-refractivity contribution in [3.63, 3.8) is 0 Å². The van der Waals surface area contributed by atoms with Crippen LogP contribution in [0, 0.1) is 5.92 Å². The van der Waals surface area contributed by atoms with E-state index in [0.717, 1.165) is 49.2 Å². The van der Waals surface area contributed by atoms with Crippen LogP contribution < -0.4 is 5.43 Å². The number of nitrogens with zero attached hydrogens (tertiary/aromatic N) is 3. The number of likely N-dealkylation sites (N-methyl/N-ethyl adjacent to an activating group) is 1. The molecular formula is C21H28N4O2. The number of nitrogens with one attached hydrogen (secondary N) is 1. The van der Waals surface area contributed by atoms with E-state index in [-0.39, 0.29) is 11.3 Å². The first kappa shape index (κ1) is 18.2. The van der Waals surface area contributed by atoms with Gasteiger partial charge in [0, 0.05) is 69.0 Å². The summed E-state index contributed by atoms with van der Waals surface area (Å²) in [6.07, 6.45) is 2.39. The van der Waals surface area contributed by atoms with Gasteiger partial charge in [-0.05, 0) is 30.9 Å². The average Bonchev–Trinajstić information content (AvgIpc) is 2.92. The van der Waals surface area contributed by atoms with Crippen LogP contribution in [0.5, 0.6) is 0 Å². The molecule has 0 spiro atoms. The molecule has 1 aromatic heterocycles. The molecule has 3 aliphatic heterocycles. The number of H-pyrrole nitrogens is 1. The van der Waals surface area contributed by atoms with Gasteiger partial charge in [-0.1, -0.05) is 12.1 Å². The number of rotatable bonds is 4. The van der Waals surface area contributed by atoms with E-state index in [9.17, 15) is 9.59 Å². The molecule has 3 fully saturated rings. The number of hydrogen-bond acceptors (Lipinski definition) is 4. The summed E-state index contributed by atoms with van der Waals surface area (Å²) in [5.41, 5.74) is 1.96. The molecule has 144 valence electrons. The van der Waals surface area contributed by atoms with Crippen LogP contribution in [0.2, 0.25) is 0 Å². The van der Waals surface area contributed by atoms with Gasteiger partial charge in [-0.2, -0.15) is 0 Å². The molecule has 1 aromatic carbocycles. The maximum atomic E-state index is 12.4. The van der Waals surface area contributed by atoms with Gasteiger partial charge < -0.3 is 9.88 Å². The lowest BCUT2D eigenvalue weighted by molar-refractivity contribution is -0.130. The molecule has 2 atom stereocenters. The summed E-state index contributed by atoms with van der Waals surface area (Å²) in [7, 11) is 3.63. The van der Waals surface area contributed by atoms with E-state index >= 15 is 0 Å². The molecule has 3 saturated heterocycles. The number of aromatic amines is 1. The van der Waals surface area contributed by atoms with E-state index in [4.69, 9.17) is 0 Å². The second-order valence-electron chi connectivity index (χ2n) is 8.21. The number of para-hydroxylation sites is 1. The van der Waals surface area contributed by atoms with Gasteiger partial charge in [0.15, 0.2) is 5.43 Å². The molecule has 2 bridgehead atoms. The molecular weight excluding hydrogens is 340 g/mol. The minimum absolute atomic E-state index is 0.0811. The predicted octanol–water partition coefficient (Wildman–Crippen LogP) is 1.51. The van der Waals surface area contributed by atoms with Gasteiger partial charge in [0.25, 0.3) is 0 Å². The third-order valence-electron chi connectivity index (χ3n) is 5.93. The number of aromatic nitrogens is 1. The highest BCUT2D eigenvalue weighted by Gasteiger charge is 2.35. The van der Waals surface area contributed by atoms with Crippen molar-refractivity contribution in [2.24, 2.45) is 5.92 Å². The van der Waals surface area contributed by atoms with Crippen LogP contribution in [0.4, 0.5) is 0 Å². The first-order valence-electron chi connectivity index (χ1n) is 9.77. The Kier molecular flexibility index (Phi) is 5.02. The maximum absolute atomic E-state index is 12.4. The molecule has 5 rings (SSSR count).